The van der Waals surface area contributed by atoms with Crippen LogP contribution >= 0.6 is 11.6 Å². The summed E-state index contributed by atoms with van der Waals surface area (Å²) in [4.78, 5) is 11.4. The molecule has 0 amide bonds. The quantitative estimate of drug-likeness (QED) is 0.511. The van der Waals surface area contributed by atoms with Gasteiger partial charge in [0.2, 0.25) is 0 Å². The fourth-order valence-electron chi connectivity index (χ4n) is 2.26. The smallest absolute Gasteiger partial charge is 0.276 e. The van der Waals surface area contributed by atoms with E-state index in [1.54, 1.807) is 0 Å². The van der Waals surface area contributed by atoms with Crippen molar-refractivity contribution < 1.29 is 35.5 Å². The molecule has 0 bridgehead atoms. The van der Waals surface area contributed by atoms with Crippen LogP contribution in [0, 0.1) is 0 Å². The highest BCUT2D eigenvalue weighted by atomic mass is 35.5. The van der Waals surface area contributed by atoms with Crippen molar-refractivity contribution in [3.8, 4) is 0 Å². The van der Waals surface area contributed by atoms with E-state index in [2.05, 4.69) is 0 Å². The van der Waals surface area contributed by atoms with E-state index in [4.69, 9.17) is 11.6 Å². The summed E-state index contributed by atoms with van der Waals surface area (Å²) in [5.74, 6) is 0. The van der Waals surface area contributed by atoms with Gasteiger partial charge in [0.05, 0.1) is 0 Å². The number of alkyl halides is 7. The maximum absolute atomic E-state index is 14.1. The highest BCUT2D eigenvalue weighted by molar-refractivity contribution is 6.68. The second-order valence-corrected chi connectivity index (χ2v) is 5.15. The summed E-state index contributed by atoms with van der Waals surface area (Å²) in [6, 6.07) is 0.797. The van der Waals surface area contributed by atoms with Gasteiger partial charge >= 0.3 is 18.0 Å². The van der Waals surface area contributed by atoms with Crippen molar-refractivity contribution in [3.63, 3.8) is 0 Å². The third-order valence-corrected chi connectivity index (χ3v) is 3.63. The van der Waals surface area contributed by atoms with Crippen LogP contribution in [0.15, 0.2) is 12.1 Å². The molecule has 0 unspecified atom stereocenters. The summed E-state index contributed by atoms with van der Waals surface area (Å²) in [5.41, 5.74) is -7.66. The Bertz CT molecular complexity index is 565. The van der Waals surface area contributed by atoms with E-state index < -0.39 is 28.8 Å². The van der Waals surface area contributed by atoms with Crippen molar-refractivity contribution in [2.24, 2.45) is 0 Å². The first-order chi connectivity index (χ1) is 10.3. The maximum Gasteiger partial charge on any atom is 0.435 e. The molecule has 130 valence electrons. The first-order valence-electron chi connectivity index (χ1n) is 6.49. The van der Waals surface area contributed by atoms with Gasteiger partial charge in [-0.15, -0.1) is 0 Å². The lowest BCUT2D eigenvalue weighted by atomic mass is 9.87. The zero-order valence-corrected chi connectivity index (χ0v) is 12.8. The number of hydrogen-bond acceptors (Lipinski definition) is 1. The van der Waals surface area contributed by atoms with E-state index >= 15 is 0 Å². The molecule has 0 radical (unpaired) electrons. The molecule has 0 aliphatic heterocycles. The monoisotopic (exact) mass is 364 g/mol. The lowest BCUT2D eigenvalue weighted by molar-refractivity contribution is -0.348. The minimum atomic E-state index is -6.20. The van der Waals surface area contributed by atoms with E-state index in [1.807, 2.05) is 0 Å². The summed E-state index contributed by atoms with van der Waals surface area (Å²) < 4.78 is 91.1. The van der Waals surface area contributed by atoms with Gasteiger partial charge in [0, 0.05) is 11.1 Å². The van der Waals surface area contributed by atoms with Crippen molar-refractivity contribution >= 4 is 16.8 Å². The minimum Gasteiger partial charge on any atom is -0.276 e. The average molecular weight is 365 g/mol. The molecule has 0 spiro atoms. The van der Waals surface area contributed by atoms with Gasteiger partial charge in [-0.2, -0.15) is 26.3 Å². The molecule has 9 heteroatoms. The zero-order chi connectivity index (χ0) is 18.2. The van der Waals surface area contributed by atoms with Crippen LogP contribution in [0.1, 0.15) is 40.9 Å². The second-order valence-electron chi connectivity index (χ2n) is 4.80. The number of carbonyl (C=O) groups is 1. The van der Waals surface area contributed by atoms with Crippen molar-refractivity contribution in [3.05, 3.63) is 34.4 Å². The molecule has 0 aliphatic carbocycles. The number of benzene rings is 1. The molecule has 23 heavy (non-hydrogen) atoms. The second kappa shape index (κ2) is 6.30. The zero-order valence-electron chi connectivity index (χ0n) is 12.0. The van der Waals surface area contributed by atoms with Crippen molar-refractivity contribution in [2.45, 2.75) is 44.7 Å². The molecule has 1 nitrogen and oxygen atoms in total. The van der Waals surface area contributed by atoms with Gasteiger partial charge in [0.1, 0.15) is 0 Å². The summed E-state index contributed by atoms with van der Waals surface area (Å²) in [5, 5.41) is -1.02. The molecule has 0 saturated carbocycles. The van der Waals surface area contributed by atoms with Crippen LogP contribution in [-0.4, -0.2) is 17.6 Å². The van der Waals surface area contributed by atoms with Gasteiger partial charge in [-0.05, 0) is 35.6 Å². The highest BCUT2D eigenvalue weighted by Crippen LogP contribution is 2.53. The topological polar surface area (TPSA) is 17.1 Å². The van der Waals surface area contributed by atoms with Gasteiger partial charge in [-0.25, -0.2) is 4.39 Å². The van der Waals surface area contributed by atoms with E-state index in [0.717, 1.165) is 0 Å². The summed E-state index contributed by atoms with van der Waals surface area (Å²) >= 11 is 5.34. The van der Waals surface area contributed by atoms with E-state index in [1.165, 1.54) is 13.8 Å². The van der Waals surface area contributed by atoms with Crippen LogP contribution < -0.4 is 0 Å². The van der Waals surface area contributed by atoms with Crippen LogP contribution in [0.3, 0.4) is 0 Å². The van der Waals surface area contributed by atoms with E-state index in [0.29, 0.717) is 12.1 Å². The lowest BCUT2D eigenvalue weighted by Gasteiger charge is -2.31. The van der Waals surface area contributed by atoms with Crippen molar-refractivity contribution in [1.29, 1.82) is 0 Å². The molecule has 1 aromatic carbocycles. The first-order valence-corrected chi connectivity index (χ1v) is 6.87. The molecule has 0 N–H and O–H groups in total. The third-order valence-electron chi connectivity index (χ3n) is 3.44. The van der Waals surface area contributed by atoms with E-state index in [-0.39, 0.29) is 29.5 Å². The Morgan fingerprint density at radius 3 is 1.48 bits per heavy atom. The number of aryl methyl sites for hydroxylation is 2. The Balaban J connectivity index is 3.81. The van der Waals surface area contributed by atoms with Crippen LogP contribution in [0.5, 0.6) is 0 Å². The molecule has 0 atom stereocenters. The first kappa shape index (κ1) is 19.7. The van der Waals surface area contributed by atoms with Crippen LogP contribution in [0.4, 0.5) is 30.7 Å². The Labute approximate surface area is 132 Å². The van der Waals surface area contributed by atoms with Crippen LogP contribution in [0.2, 0.25) is 0 Å². The standard InChI is InChI=1S/C14H12ClF7O/c1-3-7-5-9(6-8(4-2)10(7)11(15)23)12(16,13(17,18)19)14(20,21)22/h5-6H,3-4H2,1-2H3. The minimum absolute atomic E-state index is 0.0829. The predicted molar refractivity (Wildman–Crippen MR) is 70.3 cm³/mol. The van der Waals surface area contributed by atoms with Crippen LogP contribution in [-0.2, 0) is 18.5 Å². The molecule has 0 saturated heterocycles. The number of hydrogen-bond donors (Lipinski definition) is 0. The normalized spacial score (nSPS) is 13.3. The fourth-order valence-corrected chi connectivity index (χ4v) is 2.51. The molecule has 1 rings (SSSR count). The number of rotatable bonds is 4. The van der Waals surface area contributed by atoms with Crippen molar-refractivity contribution in [2.75, 3.05) is 0 Å². The Hall–Kier alpha value is -1.31. The number of halogens is 8. The van der Waals surface area contributed by atoms with Gasteiger partial charge < -0.3 is 0 Å². The largest absolute Gasteiger partial charge is 0.435 e. The molecular weight excluding hydrogens is 353 g/mol. The van der Waals surface area contributed by atoms with Gasteiger partial charge in [-0.3, -0.25) is 4.79 Å². The molecule has 0 heterocycles. The maximum atomic E-state index is 14.1. The number of carbonyl (C=O) groups excluding carboxylic acids is 1. The van der Waals surface area contributed by atoms with Gasteiger partial charge in [-0.1, -0.05) is 26.0 Å². The average Bonchev–Trinajstić information content (AvgIpc) is 2.41. The third kappa shape index (κ3) is 3.32. The summed E-state index contributed by atoms with van der Waals surface area (Å²) in [7, 11) is 0. The SMILES string of the molecule is CCc1cc(C(F)(C(F)(F)F)C(F)(F)F)cc(CC)c1C(=O)Cl. The van der Waals surface area contributed by atoms with Crippen LogP contribution in [0.25, 0.3) is 0 Å². The van der Waals surface area contributed by atoms with E-state index in [9.17, 15) is 35.5 Å². The predicted octanol–water partition coefficient (Wildman–Crippen LogP) is 5.48. The Morgan fingerprint density at radius 2 is 1.26 bits per heavy atom. The molecular formula is C14H12ClF7O. The summed E-state index contributed by atoms with van der Waals surface area (Å²) in [6.07, 6.45) is -12.6. The van der Waals surface area contributed by atoms with Gasteiger partial charge in [0.15, 0.2) is 0 Å². The fraction of sp³-hybridized carbons (Fsp3) is 0.500. The van der Waals surface area contributed by atoms with Crippen molar-refractivity contribution in [1.82, 2.24) is 0 Å². The highest BCUT2D eigenvalue weighted by Gasteiger charge is 2.73. The summed E-state index contributed by atoms with van der Waals surface area (Å²) in [6.45, 7) is 2.81. The molecule has 0 fully saturated rings. The molecule has 0 aromatic heterocycles. The Morgan fingerprint density at radius 1 is 0.913 bits per heavy atom. The molecule has 1 aromatic rings. The Kier molecular flexibility index (Phi) is 5.40. The lowest BCUT2D eigenvalue weighted by Crippen LogP contribution is -2.50. The van der Waals surface area contributed by atoms with Gasteiger partial charge in [0.25, 0.3) is 5.24 Å². The molecule has 0 aliphatic rings.